The van der Waals surface area contributed by atoms with Crippen LogP contribution in [-0.2, 0) is 19.6 Å². The molecule has 142 valence electrons. The van der Waals surface area contributed by atoms with Gasteiger partial charge in [0.25, 0.3) is 0 Å². The van der Waals surface area contributed by atoms with E-state index in [-0.39, 0.29) is 35.1 Å². The molecule has 0 bridgehead atoms. The molecule has 0 unspecified atom stereocenters. The number of carbonyl (C=O) groups excluding carboxylic acids is 2. The fourth-order valence-electron chi connectivity index (χ4n) is 3.19. The minimum atomic E-state index is -3.52. The molecule has 1 saturated heterocycles. The van der Waals surface area contributed by atoms with Crippen LogP contribution in [0.4, 0.5) is 5.69 Å². The van der Waals surface area contributed by atoms with Crippen LogP contribution in [0.3, 0.4) is 0 Å². The second kappa shape index (κ2) is 7.36. The molecule has 2 amide bonds. The number of carbonyl (C=O) groups is 2. The zero-order valence-corrected chi connectivity index (χ0v) is 16.0. The SMILES string of the molecule is CCN(CC)S(=O)(=O)c1ccc(N2C[C@H](C(=O)NC3CC3)CC2=O)cc1. The number of sulfonamides is 1. The third kappa shape index (κ3) is 3.76. The van der Waals surface area contributed by atoms with Gasteiger partial charge in [-0.05, 0) is 37.1 Å². The minimum Gasteiger partial charge on any atom is -0.353 e. The first-order valence-electron chi connectivity index (χ1n) is 9.07. The third-order valence-electron chi connectivity index (χ3n) is 4.91. The van der Waals surface area contributed by atoms with Crippen molar-refractivity contribution in [1.82, 2.24) is 9.62 Å². The molecule has 0 spiro atoms. The van der Waals surface area contributed by atoms with Crippen molar-refractivity contribution in [2.24, 2.45) is 5.92 Å². The van der Waals surface area contributed by atoms with Crippen molar-refractivity contribution in [3.05, 3.63) is 24.3 Å². The van der Waals surface area contributed by atoms with E-state index in [4.69, 9.17) is 0 Å². The highest BCUT2D eigenvalue weighted by Gasteiger charge is 2.37. The van der Waals surface area contributed by atoms with Gasteiger partial charge in [-0.1, -0.05) is 13.8 Å². The lowest BCUT2D eigenvalue weighted by Gasteiger charge is -2.20. The first-order valence-corrected chi connectivity index (χ1v) is 10.5. The molecule has 26 heavy (non-hydrogen) atoms. The molecule has 1 N–H and O–H groups in total. The number of nitrogens with one attached hydrogen (secondary N) is 1. The van der Waals surface area contributed by atoms with Crippen molar-refractivity contribution in [2.45, 2.75) is 44.0 Å². The van der Waals surface area contributed by atoms with Crippen LogP contribution in [0.25, 0.3) is 0 Å². The summed E-state index contributed by atoms with van der Waals surface area (Å²) in [4.78, 5) is 26.2. The molecule has 1 aliphatic carbocycles. The number of hydrogen-bond donors (Lipinski definition) is 1. The topological polar surface area (TPSA) is 86.8 Å². The molecule has 1 aromatic rings. The Kier molecular flexibility index (Phi) is 5.34. The van der Waals surface area contributed by atoms with E-state index in [2.05, 4.69) is 5.32 Å². The van der Waals surface area contributed by atoms with Crippen LogP contribution < -0.4 is 10.2 Å². The minimum absolute atomic E-state index is 0.0657. The largest absolute Gasteiger partial charge is 0.353 e. The van der Waals surface area contributed by atoms with E-state index in [1.807, 2.05) is 0 Å². The Morgan fingerprint density at radius 2 is 1.81 bits per heavy atom. The standard InChI is InChI=1S/C18H25N3O4S/c1-3-20(4-2)26(24,25)16-9-7-15(8-10-16)21-12-13(11-17(21)22)18(23)19-14-5-6-14/h7-10,13-14H,3-6,11-12H2,1-2H3,(H,19,23)/t13-/m1/s1. The molecule has 1 atom stereocenters. The van der Waals surface area contributed by atoms with Gasteiger partial charge in [0.1, 0.15) is 0 Å². The summed E-state index contributed by atoms with van der Waals surface area (Å²) in [6.45, 7) is 4.74. The van der Waals surface area contributed by atoms with Gasteiger partial charge >= 0.3 is 0 Å². The first-order chi connectivity index (χ1) is 12.4. The Bertz CT molecular complexity index is 783. The average molecular weight is 379 g/mol. The fourth-order valence-corrected chi connectivity index (χ4v) is 4.65. The zero-order valence-electron chi connectivity index (χ0n) is 15.1. The first kappa shape index (κ1) is 18.8. The molecule has 1 aromatic carbocycles. The highest BCUT2D eigenvalue weighted by Crippen LogP contribution is 2.28. The summed E-state index contributed by atoms with van der Waals surface area (Å²) >= 11 is 0. The fraction of sp³-hybridized carbons (Fsp3) is 0.556. The maximum atomic E-state index is 12.5. The second-order valence-electron chi connectivity index (χ2n) is 6.77. The van der Waals surface area contributed by atoms with Gasteiger partial charge in [-0.25, -0.2) is 8.42 Å². The van der Waals surface area contributed by atoms with Crippen LogP contribution >= 0.6 is 0 Å². The molecule has 2 aliphatic rings. The zero-order chi connectivity index (χ0) is 18.9. The van der Waals surface area contributed by atoms with Gasteiger partial charge in [-0.3, -0.25) is 9.59 Å². The molecule has 7 nitrogen and oxygen atoms in total. The van der Waals surface area contributed by atoms with E-state index >= 15 is 0 Å². The number of amides is 2. The molecule has 8 heteroatoms. The van der Waals surface area contributed by atoms with Crippen molar-refractivity contribution in [1.29, 1.82) is 0 Å². The smallest absolute Gasteiger partial charge is 0.243 e. The molecule has 1 heterocycles. The third-order valence-corrected chi connectivity index (χ3v) is 6.98. The van der Waals surface area contributed by atoms with Gasteiger partial charge in [0.2, 0.25) is 21.8 Å². The van der Waals surface area contributed by atoms with E-state index in [9.17, 15) is 18.0 Å². The van der Waals surface area contributed by atoms with E-state index in [0.717, 1.165) is 12.8 Å². The summed E-state index contributed by atoms with van der Waals surface area (Å²) in [7, 11) is -3.52. The van der Waals surface area contributed by atoms with Crippen molar-refractivity contribution in [3.63, 3.8) is 0 Å². The van der Waals surface area contributed by atoms with Gasteiger partial charge in [-0.15, -0.1) is 0 Å². The molecule has 3 rings (SSSR count). The monoisotopic (exact) mass is 379 g/mol. The average Bonchev–Trinajstić information content (AvgIpc) is 3.34. The quantitative estimate of drug-likeness (QED) is 0.775. The van der Waals surface area contributed by atoms with Crippen molar-refractivity contribution in [3.8, 4) is 0 Å². The summed E-state index contributed by atoms with van der Waals surface area (Å²) in [6, 6.07) is 6.59. The summed E-state index contributed by atoms with van der Waals surface area (Å²) in [5, 5.41) is 2.94. The maximum Gasteiger partial charge on any atom is 0.243 e. The maximum absolute atomic E-state index is 12.5. The highest BCUT2D eigenvalue weighted by atomic mass is 32.2. The normalized spacial score (nSPS) is 20.7. The lowest BCUT2D eigenvalue weighted by Crippen LogP contribution is -2.34. The highest BCUT2D eigenvalue weighted by molar-refractivity contribution is 7.89. The molecule has 0 aromatic heterocycles. The molecule has 1 saturated carbocycles. The predicted octanol–water partition coefficient (Wildman–Crippen LogP) is 1.35. The Labute approximate surface area is 154 Å². The summed E-state index contributed by atoms with van der Waals surface area (Å²) < 4.78 is 26.5. The van der Waals surface area contributed by atoms with Crippen molar-refractivity contribution >= 4 is 27.5 Å². The molecular formula is C18H25N3O4S. The van der Waals surface area contributed by atoms with Crippen LogP contribution in [0.2, 0.25) is 0 Å². The summed E-state index contributed by atoms with van der Waals surface area (Å²) in [6.07, 6.45) is 2.22. The van der Waals surface area contributed by atoms with Crippen LogP contribution in [0.5, 0.6) is 0 Å². The second-order valence-corrected chi connectivity index (χ2v) is 8.71. The lowest BCUT2D eigenvalue weighted by atomic mass is 10.1. The van der Waals surface area contributed by atoms with Crippen LogP contribution in [0, 0.1) is 5.92 Å². The van der Waals surface area contributed by atoms with Gasteiger partial charge < -0.3 is 10.2 Å². The Morgan fingerprint density at radius 1 is 1.19 bits per heavy atom. The number of hydrogen-bond acceptors (Lipinski definition) is 4. The number of rotatable bonds is 7. The van der Waals surface area contributed by atoms with E-state index in [1.165, 1.54) is 16.4 Å². The Hall–Kier alpha value is -1.93. The van der Waals surface area contributed by atoms with E-state index < -0.39 is 10.0 Å². The van der Waals surface area contributed by atoms with Gasteiger partial charge in [0.05, 0.1) is 10.8 Å². The molecule has 0 radical (unpaired) electrons. The number of nitrogens with zero attached hydrogens (tertiary/aromatic N) is 2. The summed E-state index contributed by atoms with van der Waals surface area (Å²) in [5.41, 5.74) is 0.621. The molecule has 2 fully saturated rings. The number of anilines is 1. The van der Waals surface area contributed by atoms with Crippen molar-refractivity contribution in [2.75, 3.05) is 24.5 Å². The van der Waals surface area contributed by atoms with Crippen LogP contribution in [0.1, 0.15) is 33.1 Å². The van der Waals surface area contributed by atoms with Crippen molar-refractivity contribution < 1.29 is 18.0 Å². The number of benzene rings is 1. The van der Waals surface area contributed by atoms with Gasteiger partial charge in [-0.2, -0.15) is 4.31 Å². The van der Waals surface area contributed by atoms with Gasteiger partial charge in [0.15, 0.2) is 0 Å². The van der Waals surface area contributed by atoms with Crippen LogP contribution in [0.15, 0.2) is 29.2 Å². The lowest BCUT2D eigenvalue weighted by molar-refractivity contribution is -0.126. The van der Waals surface area contributed by atoms with E-state index in [0.29, 0.717) is 25.3 Å². The Morgan fingerprint density at radius 3 is 2.35 bits per heavy atom. The van der Waals surface area contributed by atoms with Gasteiger partial charge in [0, 0.05) is 37.8 Å². The predicted molar refractivity (Wildman–Crippen MR) is 98.2 cm³/mol. The summed E-state index contributed by atoms with van der Waals surface area (Å²) in [5.74, 6) is -0.522. The van der Waals surface area contributed by atoms with E-state index in [1.54, 1.807) is 30.9 Å². The molecular weight excluding hydrogens is 354 g/mol. The molecule has 1 aliphatic heterocycles. The Balaban J connectivity index is 1.72. The van der Waals surface area contributed by atoms with Crippen LogP contribution in [-0.4, -0.2) is 50.2 Å².